The maximum Gasteiger partial charge on any atom is 0.225 e. The van der Waals surface area contributed by atoms with Crippen LogP contribution in [-0.4, -0.2) is 24.9 Å². The molecule has 4 nitrogen and oxygen atoms in total. The van der Waals surface area contributed by atoms with Crippen molar-refractivity contribution in [3.63, 3.8) is 0 Å². The average molecular weight is 228 g/mol. The van der Waals surface area contributed by atoms with Gasteiger partial charge >= 0.3 is 0 Å². The van der Waals surface area contributed by atoms with Crippen LogP contribution in [0.25, 0.3) is 0 Å². The Kier molecular flexibility index (Phi) is 6.08. The first kappa shape index (κ1) is 14.9. The zero-order valence-corrected chi connectivity index (χ0v) is 11.0. The SMILES string of the molecule is CCC(C)(C)C(=O)NCCNC(=O)C(C)C. The maximum atomic E-state index is 11.7. The topological polar surface area (TPSA) is 58.2 Å². The molecule has 0 fully saturated rings. The van der Waals surface area contributed by atoms with Crippen molar-refractivity contribution in [3.05, 3.63) is 0 Å². The van der Waals surface area contributed by atoms with E-state index in [9.17, 15) is 9.59 Å². The van der Waals surface area contributed by atoms with E-state index in [1.54, 1.807) is 0 Å². The fourth-order valence-electron chi connectivity index (χ4n) is 0.966. The molecule has 0 aromatic heterocycles. The Hall–Kier alpha value is -1.06. The molecule has 0 atom stereocenters. The predicted molar refractivity (Wildman–Crippen MR) is 64.9 cm³/mol. The Morgan fingerprint density at radius 3 is 2.06 bits per heavy atom. The minimum atomic E-state index is -0.331. The third-order valence-corrected chi connectivity index (χ3v) is 2.73. The summed E-state index contributed by atoms with van der Waals surface area (Å²) >= 11 is 0. The van der Waals surface area contributed by atoms with Crippen LogP contribution in [0.5, 0.6) is 0 Å². The lowest BCUT2D eigenvalue weighted by Crippen LogP contribution is -2.41. The van der Waals surface area contributed by atoms with Gasteiger partial charge in [0.15, 0.2) is 0 Å². The first-order chi connectivity index (χ1) is 7.31. The van der Waals surface area contributed by atoms with E-state index in [0.29, 0.717) is 13.1 Å². The van der Waals surface area contributed by atoms with E-state index in [1.165, 1.54) is 0 Å². The summed E-state index contributed by atoms with van der Waals surface area (Å²) in [6, 6.07) is 0. The molecule has 0 aliphatic carbocycles. The summed E-state index contributed by atoms with van der Waals surface area (Å²) in [5.74, 6) is 0.0422. The van der Waals surface area contributed by atoms with Gasteiger partial charge in [-0.15, -0.1) is 0 Å². The summed E-state index contributed by atoms with van der Waals surface area (Å²) in [5.41, 5.74) is -0.331. The van der Waals surface area contributed by atoms with Gasteiger partial charge < -0.3 is 10.6 Å². The Labute approximate surface area is 98.2 Å². The molecule has 0 heterocycles. The normalized spacial score (nSPS) is 11.4. The Bertz CT molecular complexity index is 247. The molecule has 94 valence electrons. The van der Waals surface area contributed by atoms with Gasteiger partial charge in [-0.05, 0) is 6.42 Å². The summed E-state index contributed by atoms with van der Waals surface area (Å²) < 4.78 is 0. The van der Waals surface area contributed by atoms with Crippen LogP contribution in [0.1, 0.15) is 41.0 Å². The number of amides is 2. The highest BCUT2D eigenvalue weighted by molar-refractivity contribution is 5.81. The number of rotatable bonds is 6. The van der Waals surface area contributed by atoms with Gasteiger partial charge in [-0.2, -0.15) is 0 Å². The van der Waals surface area contributed by atoms with Gasteiger partial charge in [0.2, 0.25) is 11.8 Å². The largest absolute Gasteiger partial charge is 0.354 e. The van der Waals surface area contributed by atoms with Crippen molar-refractivity contribution in [1.29, 1.82) is 0 Å². The number of nitrogens with one attached hydrogen (secondary N) is 2. The van der Waals surface area contributed by atoms with Crippen LogP contribution < -0.4 is 10.6 Å². The highest BCUT2D eigenvalue weighted by atomic mass is 16.2. The van der Waals surface area contributed by atoms with Gasteiger partial charge in [-0.3, -0.25) is 9.59 Å². The van der Waals surface area contributed by atoms with E-state index < -0.39 is 0 Å². The summed E-state index contributed by atoms with van der Waals surface area (Å²) in [7, 11) is 0. The minimum absolute atomic E-state index is 0.0113. The van der Waals surface area contributed by atoms with E-state index in [1.807, 2.05) is 34.6 Å². The quantitative estimate of drug-likeness (QED) is 0.673. The first-order valence-electron chi connectivity index (χ1n) is 5.87. The van der Waals surface area contributed by atoms with Gasteiger partial charge in [-0.25, -0.2) is 0 Å². The molecule has 0 unspecified atom stereocenters. The predicted octanol–water partition coefficient (Wildman–Crippen LogP) is 1.31. The monoisotopic (exact) mass is 228 g/mol. The smallest absolute Gasteiger partial charge is 0.225 e. The molecule has 0 aromatic carbocycles. The zero-order valence-electron chi connectivity index (χ0n) is 11.0. The fourth-order valence-corrected chi connectivity index (χ4v) is 0.966. The third kappa shape index (κ3) is 5.14. The van der Waals surface area contributed by atoms with Crippen LogP contribution in [0.4, 0.5) is 0 Å². The standard InChI is InChI=1S/C12H24N2O2/c1-6-12(4,5)11(16)14-8-7-13-10(15)9(2)3/h9H,6-8H2,1-5H3,(H,13,15)(H,14,16). The molecular formula is C12H24N2O2. The summed E-state index contributed by atoms with van der Waals surface area (Å²) in [5, 5.41) is 5.57. The lowest BCUT2D eigenvalue weighted by Gasteiger charge is -2.21. The van der Waals surface area contributed by atoms with E-state index in [0.717, 1.165) is 6.42 Å². The van der Waals surface area contributed by atoms with Crippen LogP contribution in [-0.2, 0) is 9.59 Å². The van der Waals surface area contributed by atoms with Crippen LogP contribution in [0, 0.1) is 11.3 Å². The number of carbonyl (C=O) groups excluding carboxylic acids is 2. The molecule has 0 saturated heterocycles. The van der Waals surface area contributed by atoms with Gasteiger partial charge in [0.1, 0.15) is 0 Å². The third-order valence-electron chi connectivity index (χ3n) is 2.73. The molecule has 0 rings (SSSR count). The molecule has 16 heavy (non-hydrogen) atoms. The van der Waals surface area contributed by atoms with Crippen LogP contribution in [0.15, 0.2) is 0 Å². The van der Waals surface area contributed by atoms with E-state index in [4.69, 9.17) is 0 Å². The van der Waals surface area contributed by atoms with E-state index in [-0.39, 0.29) is 23.1 Å². The number of carbonyl (C=O) groups is 2. The highest BCUT2D eigenvalue weighted by Gasteiger charge is 2.24. The van der Waals surface area contributed by atoms with Crippen molar-refractivity contribution in [1.82, 2.24) is 10.6 Å². The second kappa shape index (κ2) is 6.51. The van der Waals surface area contributed by atoms with Crippen molar-refractivity contribution in [2.24, 2.45) is 11.3 Å². The Morgan fingerprint density at radius 2 is 1.62 bits per heavy atom. The fraction of sp³-hybridized carbons (Fsp3) is 0.833. The minimum Gasteiger partial charge on any atom is -0.354 e. The first-order valence-corrected chi connectivity index (χ1v) is 5.87. The van der Waals surface area contributed by atoms with E-state index >= 15 is 0 Å². The lowest BCUT2D eigenvalue weighted by atomic mass is 9.89. The molecule has 0 aromatic rings. The summed E-state index contributed by atoms with van der Waals surface area (Å²) in [6.45, 7) is 10.5. The molecular weight excluding hydrogens is 204 g/mol. The Morgan fingerprint density at radius 1 is 1.12 bits per heavy atom. The van der Waals surface area contributed by atoms with Crippen LogP contribution in [0.2, 0.25) is 0 Å². The van der Waals surface area contributed by atoms with Gasteiger partial charge in [-0.1, -0.05) is 34.6 Å². The molecule has 0 radical (unpaired) electrons. The van der Waals surface area contributed by atoms with Crippen molar-refractivity contribution < 1.29 is 9.59 Å². The molecule has 0 aliphatic heterocycles. The molecule has 0 bridgehead atoms. The van der Waals surface area contributed by atoms with Gasteiger partial charge in [0.05, 0.1) is 0 Å². The molecule has 0 saturated carbocycles. The second-order valence-corrected chi connectivity index (χ2v) is 4.94. The van der Waals surface area contributed by atoms with Crippen molar-refractivity contribution in [2.75, 3.05) is 13.1 Å². The Balaban J connectivity index is 3.76. The summed E-state index contributed by atoms with van der Waals surface area (Å²) in [4.78, 5) is 22.9. The highest BCUT2D eigenvalue weighted by Crippen LogP contribution is 2.18. The number of hydrogen-bond acceptors (Lipinski definition) is 2. The van der Waals surface area contributed by atoms with Crippen molar-refractivity contribution in [3.8, 4) is 0 Å². The molecule has 0 aliphatic rings. The second-order valence-electron chi connectivity index (χ2n) is 4.94. The van der Waals surface area contributed by atoms with Crippen molar-refractivity contribution >= 4 is 11.8 Å². The molecule has 4 heteroatoms. The average Bonchev–Trinajstić information content (AvgIpc) is 2.23. The van der Waals surface area contributed by atoms with Crippen molar-refractivity contribution in [2.45, 2.75) is 41.0 Å². The van der Waals surface area contributed by atoms with Gasteiger partial charge in [0, 0.05) is 24.4 Å². The molecule has 2 N–H and O–H groups in total. The molecule has 0 spiro atoms. The van der Waals surface area contributed by atoms with Crippen LogP contribution in [0.3, 0.4) is 0 Å². The molecule has 2 amide bonds. The van der Waals surface area contributed by atoms with Crippen LogP contribution >= 0.6 is 0 Å². The lowest BCUT2D eigenvalue weighted by molar-refractivity contribution is -0.130. The summed E-state index contributed by atoms with van der Waals surface area (Å²) in [6.07, 6.45) is 0.803. The number of hydrogen-bond donors (Lipinski definition) is 2. The van der Waals surface area contributed by atoms with E-state index in [2.05, 4.69) is 10.6 Å². The maximum absolute atomic E-state index is 11.7. The zero-order chi connectivity index (χ0) is 12.8. The van der Waals surface area contributed by atoms with Gasteiger partial charge in [0.25, 0.3) is 0 Å².